The number of aryl methyl sites for hydroxylation is 2. The van der Waals surface area contributed by atoms with E-state index in [9.17, 15) is 8.42 Å². The van der Waals surface area contributed by atoms with Gasteiger partial charge in [-0.05, 0) is 77.0 Å². The van der Waals surface area contributed by atoms with Crippen molar-refractivity contribution in [1.82, 2.24) is 4.72 Å². The Balaban J connectivity index is 0.00000208. The van der Waals surface area contributed by atoms with Crippen LogP contribution in [-0.4, -0.2) is 8.42 Å². The number of benzene rings is 2. The highest BCUT2D eigenvalue weighted by Crippen LogP contribution is 2.33. The molecular weight excluding hydrogens is 412 g/mol. The van der Waals surface area contributed by atoms with E-state index in [0.29, 0.717) is 10.2 Å². The Bertz CT molecular complexity index is 856. The first-order valence-corrected chi connectivity index (χ1v) is 9.82. The summed E-state index contributed by atoms with van der Waals surface area (Å²) in [5.41, 5.74) is 9.60. The SMILES string of the molecule is Cc1cccc(S(=O)(=O)NC2CCCc3cc(N)ccc32)c1Br.Cl. The fourth-order valence-electron chi connectivity index (χ4n) is 3.04. The Kier molecular flexibility index (Phi) is 5.96. The van der Waals surface area contributed by atoms with Crippen molar-refractivity contribution in [3.05, 3.63) is 57.6 Å². The topological polar surface area (TPSA) is 72.2 Å². The zero-order chi connectivity index (χ0) is 16.6. The van der Waals surface area contributed by atoms with Gasteiger partial charge in [0, 0.05) is 16.2 Å². The number of anilines is 1. The van der Waals surface area contributed by atoms with Crippen LogP contribution in [0.4, 0.5) is 5.69 Å². The zero-order valence-electron chi connectivity index (χ0n) is 13.3. The molecule has 0 saturated carbocycles. The molecule has 4 nitrogen and oxygen atoms in total. The highest BCUT2D eigenvalue weighted by Gasteiger charge is 2.27. The summed E-state index contributed by atoms with van der Waals surface area (Å²) in [5.74, 6) is 0. The van der Waals surface area contributed by atoms with Crippen LogP contribution in [0, 0.1) is 6.92 Å². The van der Waals surface area contributed by atoms with Gasteiger partial charge in [0.2, 0.25) is 10.0 Å². The maximum Gasteiger partial charge on any atom is 0.242 e. The van der Waals surface area contributed by atoms with Gasteiger partial charge >= 0.3 is 0 Å². The van der Waals surface area contributed by atoms with Crippen LogP contribution < -0.4 is 10.5 Å². The van der Waals surface area contributed by atoms with E-state index in [-0.39, 0.29) is 23.3 Å². The Hall–Kier alpha value is -1.08. The van der Waals surface area contributed by atoms with Gasteiger partial charge in [0.25, 0.3) is 0 Å². The van der Waals surface area contributed by atoms with Crippen molar-refractivity contribution in [3.8, 4) is 0 Å². The van der Waals surface area contributed by atoms with E-state index in [4.69, 9.17) is 5.73 Å². The predicted octanol–water partition coefficient (Wildman–Crippen LogP) is 4.12. The second-order valence-corrected chi connectivity index (χ2v) is 8.39. The van der Waals surface area contributed by atoms with E-state index in [1.54, 1.807) is 12.1 Å². The molecule has 130 valence electrons. The lowest BCUT2D eigenvalue weighted by molar-refractivity contribution is 0.507. The Labute approximate surface area is 157 Å². The van der Waals surface area contributed by atoms with Gasteiger partial charge in [0.15, 0.2) is 0 Å². The zero-order valence-corrected chi connectivity index (χ0v) is 16.5. The average molecular weight is 432 g/mol. The monoisotopic (exact) mass is 430 g/mol. The molecule has 2 aromatic carbocycles. The van der Waals surface area contributed by atoms with Crippen molar-refractivity contribution in [2.75, 3.05) is 5.73 Å². The third-order valence-electron chi connectivity index (χ3n) is 4.22. The molecule has 0 heterocycles. The molecule has 1 atom stereocenters. The quantitative estimate of drug-likeness (QED) is 0.718. The number of halogens is 2. The van der Waals surface area contributed by atoms with Gasteiger partial charge in [-0.1, -0.05) is 18.2 Å². The number of rotatable bonds is 3. The van der Waals surface area contributed by atoms with Crippen molar-refractivity contribution >= 4 is 44.0 Å². The molecule has 0 radical (unpaired) electrons. The number of nitrogens with two attached hydrogens (primary N) is 1. The molecule has 2 aromatic rings. The van der Waals surface area contributed by atoms with Crippen LogP contribution in [0.2, 0.25) is 0 Å². The maximum atomic E-state index is 12.8. The summed E-state index contributed by atoms with van der Waals surface area (Å²) in [7, 11) is -3.59. The van der Waals surface area contributed by atoms with Crippen molar-refractivity contribution in [1.29, 1.82) is 0 Å². The van der Waals surface area contributed by atoms with Gasteiger partial charge in [-0.2, -0.15) is 0 Å². The number of sulfonamides is 1. The standard InChI is InChI=1S/C17H19BrN2O2S.ClH/c1-11-4-2-7-16(17(11)18)23(21,22)20-15-6-3-5-12-10-13(19)8-9-14(12)15;/h2,4,7-10,15,20H,3,5-6,19H2,1H3;1H. The van der Waals surface area contributed by atoms with Gasteiger partial charge in [0.05, 0.1) is 4.90 Å². The average Bonchev–Trinajstić information content (AvgIpc) is 2.49. The highest BCUT2D eigenvalue weighted by atomic mass is 79.9. The smallest absolute Gasteiger partial charge is 0.242 e. The van der Waals surface area contributed by atoms with E-state index in [2.05, 4.69) is 20.7 Å². The highest BCUT2D eigenvalue weighted by molar-refractivity contribution is 9.10. The van der Waals surface area contributed by atoms with Gasteiger partial charge in [0.1, 0.15) is 0 Å². The largest absolute Gasteiger partial charge is 0.399 e. The number of hydrogen-bond acceptors (Lipinski definition) is 3. The lowest BCUT2D eigenvalue weighted by Crippen LogP contribution is -2.31. The molecule has 0 spiro atoms. The lowest BCUT2D eigenvalue weighted by Gasteiger charge is -2.26. The van der Waals surface area contributed by atoms with Gasteiger partial charge in [-0.25, -0.2) is 13.1 Å². The van der Waals surface area contributed by atoms with E-state index >= 15 is 0 Å². The normalized spacial score (nSPS) is 17.0. The molecule has 0 aliphatic heterocycles. The molecule has 0 aromatic heterocycles. The number of nitrogen functional groups attached to an aromatic ring is 1. The Morgan fingerprint density at radius 2 is 2.00 bits per heavy atom. The van der Waals surface area contributed by atoms with Gasteiger partial charge < -0.3 is 5.73 Å². The van der Waals surface area contributed by atoms with Gasteiger partial charge in [-0.3, -0.25) is 0 Å². The summed E-state index contributed by atoms with van der Waals surface area (Å²) in [5, 5.41) is 0. The molecule has 7 heteroatoms. The van der Waals surface area contributed by atoms with Crippen LogP contribution in [0.15, 0.2) is 45.8 Å². The molecule has 1 aliphatic rings. The number of hydrogen-bond donors (Lipinski definition) is 2. The molecule has 0 amide bonds. The van der Waals surface area contributed by atoms with Crippen LogP contribution in [0.25, 0.3) is 0 Å². The molecule has 1 aliphatic carbocycles. The fourth-order valence-corrected chi connectivity index (χ4v) is 5.34. The third-order valence-corrected chi connectivity index (χ3v) is 7.05. The fraction of sp³-hybridized carbons (Fsp3) is 0.294. The summed E-state index contributed by atoms with van der Waals surface area (Å²) in [4.78, 5) is 0.278. The molecule has 3 N–H and O–H groups in total. The van der Waals surface area contributed by atoms with Crippen molar-refractivity contribution < 1.29 is 8.42 Å². The first-order chi connectivity index (χ1) is 10.9. The summed E-state index contributed by atoms with van der Waals surface area (Å²) in [6, 6.07) is 10.7. The molecule has 3 rings (SSSR count). The van der Waals surface area contributed by atoms with E-state index in [1.807, 2.05) is 31.2 Å². The lowest BCUT2D eigenvalue weighted by atomic mass is 9.88. The van der Waals surface area contributed by atoms with Crippen molar-refractivity contribution in [3.63, 3.8) is 0 Å². The van der Waals surface area contributed by atoms with Crippen LogP contribution in [0.3, 0.4) is 0 Å². The summed E-state index contributed by atoms with van der Waals surface area (Å²) in [6.45, 7) is 1.88. The van der Waals surface area contributed by atoms with E-state index in [0.717, 1.165) is 36.0 Å². The minimum atomic E-state index is -3.59. The van der Waals surface area contributed by atoms with Crippen LogP contribution in [-0.2, 0) is 16.4 Å². The van der Waals surface area contributed by atoms with Gasteiger partial charge in [-0.15, -0.1) is 12.4 Å². The third kappa shape index (κ3) is 3.77. The first-order valence-electron chi connectivity index (χ1n) is 7.54. The summed E-state index contributed by atoms with van der Waals surface area (Å²) in [6.07, 6.45) is 2.67. The van der Waals surface area contributed by atoms with Crippen molar-refractivity contribution in [2.45, 2.75) is 37.1 Å². The predicted molar refractivity (Wildman–Crippen MR) is 103 cm³/mol. The minimum Gasteiger partial charge on any atom is -0.399 e. The van der Waals surface area contributed by atoms with Crippen LogP contribution >= 0.6 is 28.3 Å². The van der Waals surface area contributed by atoms with Crippen LogP contribution in [0.1, 0.15) is 35.6 Å². The summed E-state index contributed by atoms with van der Waals surface area (Å²) < 4.78 is 29.0. The molecular formula is C17H20BrClN2O2S. The number of nitrogens with one attached hydrogen (secondary N) is 1. The Morgan fingerprint density at radius 3 is 2.75 bits per heavy atom. The summed E-state index contributed by atoms with van der Waals surface area (Å²) >= 11 is 3.39. The maximum absolute atomic E-state index is 12.8. The van der Waals surface area contributed by atoms with E-state index in [1.165, 1.54) is 0 Å². The van der Waals surface area contributed by atoms with E-state index < -0.39 is 10.0 Å². The minimum absolute atomic E-state index is 0. The molecule has 0 fully saturated rings. The molecule has 0 bridgehead atoms. The van der Waals surface area contributed by atoms with Crippen molar-refractivity contribution in [2.24, 2.45) is 0 Å². The number of fused-ring (bicyclic) bond motifs is 1. The second kappa shape index (κ2) is 7.44. The first kappa shape index (κ1) is 19.2. The second-order valence-electron chi connectivity index (χ2n) is 5.91. The molecule has 24 heavy (non-hydrogen) atoms. The van der Waals surface area contributed by atoms with Crippen LogP contribution in [0.5, 0.6) is 0 Å². The Morgan fingerprint density at radius 1 is 1.25 bits per heavy atom. The molecule has 0 saturated heterocycles. The molecule has 1 unspecified atom stereocenters.